The number of benzene rings is 2. The van der Waals surface area contributed by atoms with E-state index in [2.05, 4.69) is 15.6 Å². The highest BCUT2D eigenvalue weighted by Crippen LogP contribution is 2.17. The molecule has 3 aromatic rings. The van der Waals surface area contributed by atoms with Crippen molar-refractivity contribution in [3.05, 3.63) is 66.0 Å². The van der Waals surface area contributed by atoms with Crippen molar-refractivity contribution in [3.63, 3.8) is 0 Å². The predicted molar refractivity (Wildman–Crippen MR) is 92.2 cm³/mol. The Morgan fingerprint density at radius 2 is 1.67 bits per heavy atom. The van der Waals surface area contributed by atoms with Crippen LogP contribution in [0, 0.1) is 0 Å². The van der Waals surface area contributed by atoms with Gasteiger partial charge in [-0.05, 0) is 24.6 Å². The molecular weight excluding hydrogens is 304 g/mol. The fourth-order valence-electron chi connectivity index (χ4n) is 2.56. The molecule has 0 aliphatic rings. The van der Waals surface area contributed by atoms with Crippen molar-refractivity contribution in [2.24, 2.45) is 0 Å². The molecule has 0 aliphatic carbocycles. The van der Waals surface area contributed by atoms with Gasteiger partial charge in [-0.1, -0.05) is 42.5 Å². The molecule has 0 fully saturated rings. The number of ether oxygens (including phenoxy) is 1. The van der Waals surface area contributed by atoms with Crippen LogP contribution in [0.25, 0.3) is 11.0 Å². The van der Waals surface area contributed by atoms with E-state index in [9.17, 15) is 0 Å². The number of imidazole rings is 1. The van der Waals surface area contributed by atoms with Gasteiger partial charge in [0, 0.05) is 13.2 Å². The number of aromatic nitrogens is 2. The molecule has 0 radical (unpaired) electrons. The van der Waals surface area contributed by atoms with Crippen LogP contribution < -0.4 is 0 Å². The Hall–Kier alpha value is -2.21. The summed E-state index contributed by atoms with van der Waals surface area (Å²) in [6.07, 6.45) is 0. The fourth-order valence-corrected chi connectivity index (χ4v) is 2.56. The maximum Gasteiger partial charge on any atom is 0.140 e. The van der Waals surface area contributed by atoms with Crippen LogP contribution in [0.1, 0.15) is 18.3 Å². The summed E-state index contributed by atoms with van der Waals surface area (Å²) in [6, 6.07) is 18.0. The number of hydrogen-bond acceptors (Lipinski definition) is 4. The van der Waals surface area contributed by atoms with E-state index in [4.69, 9.17) is 14.5 Å². The molecule has 0 atom stereocenters. The maximum atomic E-state index is 5.47. The van der Waals surface area contributed by atoms with E-state index < -0.39 is 0 Å². The van der Waals surface area contributed by atoms with Crippen molar-refractivity contribution in [3.8, 4) is 0 Å². The van der Waals surface area contributed by atoms with Crippen molar-refractivity contribution in [1.29, 1.82) is 0 Å². The Morgan fingerprint density at radius 3 is 2.50 bits per heavy atom. The van der Waals surface area contributed by atoms with Crippen LogP contribution in [0.4, 0.5) is 0 Å². The van der Waals surface area contributed by atoms with Gasteiger partial charge in [-0.3, -0.25) is 0 Å². The maximum absolute atomic E-state index is 5.47. The van der Waals surface area contributed by atoms with Crippen LogP contribution in [0.5, 0.6) is 0 Å². The van der Waals surface area contributed by atoms with Gasteiger partial charge in [0.25, 0.3) is 0 Å². The molecule has 0 N–H and O–H groups in total. The van der Waals surface area contributed by atoms with Crippen molar-refractivity contribution < 1.29 is 14.5 Å². The van der Waals surface area contributed by atoms with Crippen molar-refractivity contribution in [2.75, 3.05) is 13.2 Å². The third-order valence-electron chi connectivity index (χ3n) is 3.74. The second kappa shape index (κ2) is 8.59. The molecule has 24 heavy (non-hydrogen) atoms. The van der Waals surface area contributed by atoms with Gasteiger partial charge in [-0.25, -0.2) is 14.8 Å². The van der Waals surface area contributed by atoms with E-state index in [0.717, 1.165) is 29.0 Å². The minimum Gasteiger partial charge on any atom is -0.380 e. The zero-order valence-corrected chi connectivity index (χ0v) is 13.9. The average Bonchev–Trinajstić information content (AvgIpc) is 2.98. The quantitative estimate of drug-likeness (QED) is 0.341. The van der Waals surface area contributed by atoms with Crippen molar-refractivity contribution in [1.82, 2.24) is 9.55 Å². The zero-order chi connectivity index (χ0) is 16.6. The molecular formula is C19H22N2O3. The van der Waals surface area contributed by atoms with Crippen LogP contribution in [-0.4, -0.2) is 22.8 Å². The van der Waals surface area contributed by atoms with E-state index in [0.29, 0.717) is 26.4 Å². The molecule has 0 saturated heterocycles. The molecule has 1 heterocycles. The monoisotopic (exact) mass is 326 g/mol. The first kappa shape index (κ1) is 16.6. The summed E-state index contributed by atoms with van der Waals surface area (Å²) in [7, 11) is 0. The first-order chi connectivity index (χ1) is 11.9. The van der Waals surface area contributed by atoms with Gasteiger partial charge in [-0.15, -0.1) is 0 Å². The average molecular weight is 326 g/mol. The van der Waals surface area contributed by atoms with Gasteiger partial charge in [0.2, 0.25) is 0 Å². The molecule has 5 heteroatoms. The van der Waals surface area contributed by atoms with Gasteiger partial charge in [0.15, 0.2) is 0 Å². The van der Waals surface area contributed by atoms with Crippen molar-refractivity contribution >= 4 is 11.0 Å². The molecule has 2 aromatic carbocycles. The number of hydrogen-bond donors (Lipinski definition) is 0. The third-order valence-corrected chi connectivity index (χ3v) is 3.74. The number of para-hydroxylation sites is 2. The molecule has 0 aliphatic heterocycles. The fraction of sp³-hybridized carbons (Fsp3) is 0.316. The molecule has 0 saturated carbocycles. The summed E-state index contributed by atoms with van der Waals surface area (Å²) in [4.78, 5) is 15.3. The van der Waals surface area contributed by atoms with Gasteiger partial charge in [-0.2, -0.15) is 0 Å². The Bertz CT molecular complexity index is 756. The molecule has 0 bridgehead atoms. The SMILES string of the molecule is CCOCCn1c(COOCc2ccccc2)nc2ccccc21. The molecule has 1 aromatic heterocycles. The van der Waals surface area contributed by atoms with Crippen LogP contribution in [0.2, 0.25) is 0 Å². The lowest BCUT2D eigenvalue weighted by Gasteiger charge is -2.09. The lowest BCUT2D eigenvalue weighted by Crippen LogP contribution is -2.10. The van der Waals surface area contributed by atoms with Crippen LogP contribution in [0.15, 0.2) is 54.6 Å². The normalized spacial score (nSPS) is 11.2. The first-order valence-corrected chi connectivity index (χ1v) is 8.18. The second-order valence-corrected chi connectivity index (χ2v) is 5.38. The van der Waals surface area contributed by atoms with Gasteiger partial charge in [0.1, 0.15) is 19.0 Å². The summed E-state index contributed by atoms with van der Waals surface area (Å²) in [5, 5.41) is 0. The van der Waals surface area contributed by atoms with Crippen molar-refractivity contribution in [2.45, 2.75) is 26.7 Å². The minimum absolute atomic E-state index is 0.299. The lowest BCUT2D eigenvalue weighted by molar-refractivity contribution is -0.314. The molecule has 0 amide bonds. The third kappa shape index (κ3) is 4.20. The molecule has 0 unspecified atom stereocenters. The number of fused-ring (bicyclic) bond motifs is 1. The number of nitrogens with zero attached hydrogens (tertiary/aromatic N) is 2. The molecule has 5 nitrogen and oxygen atoms in total. The van der Waals surface area contributed by atoms with E-state index >= 15 is 0 Å². The Kier molecular flexibility index (Phi) is 5.96. The topological polar surface area (TPSA) is 45.5 Å². The highest BCUT2D eigenvalue weighted by molar-refractivity contribution is 5.75. The lowest BCUT2D eigenvalue weighted by atomic mass is 10.2. The molecule has 3 rings (SSSR count). The van der Waals surface area contributed by atoms with E-state index in [-0.39, 0.29) is 0 Å². The standard InChI is InChI=1S/C19H22N2O3/c1-2-22-13-12-21-18-11-7-6-10-17(18)20-19(21)15-24-23-14-16-8-4-3-5-9-16/h3-11H,2,12-15H2,1H3. The molecule has 126 valence electrons. The van der Waals surface area contributed by atoms with Crippen LogP contribution >= 0.6 is 0 Å². The van der Waals surface area contributed by atoms with E-state index in [1.54, 1.807) is 0 Å². The minimum atomic E-state index is 0.299. The Morgan fingerprint density at radius 1 is 0.917 bits per heavy atom. The summed E-state index contributed by atoms with van der Waals surface area (Å²) < 4.78 is 7.60. The molecule has 0 spiro atoms. The summed E-state index contributed by atoms with van der Waals surface area (Å²) >= 11 is 0. The largest absolute Gasteiger partial charge is 0.380 e. The predicted octanol–water partition coefficient (Wildman–Crippen LogP) is 3.72. The highest BCUT2D eigenvalue weighted by Gasteiger charge is 2.10. The summed E-state index contributed by atoms with van der Waals surface area (Å²) in [5.41, 5.74) is 3.11. The van der Waals surface area contributed by atoms with Crippen LogP contribution in [0.3, 0.4) is 0 Å². The van der Waals surface area contributed by atoms with Gasteiger partial charge >= 0.3 is 0 Å². The van der Waals surface area contributed by atoms with Crippen LogP contribution in [-0.2, 0) is 34.3 Å². The first-order valence-electron chi connectivity index (χ1n) is 8.18. The van der Waals surface area contributed by atoms with E-state index in [1.165, 1.54) is 0 Å². The van der Waals surface area contributed by atoms with Gasteiger partial charge in [0.05, 0.1) is 17.6 Å². The van der Waals surface area contributed by atoms with E-state index in [1.807, 2.05) is 55.5 Å². The zero-order valence-electron chi connectivity index (χ0n) is 13.9. The summed E-state index contributed by atoms with van der Waals surface area (Å²) in [6.45, 7) is 4.81. The highest BCUT2D eigenvalue weighted by atomic mass is 17.2. The van der Waals surface area contributed by atoms with Gasteiger partial charge < -0.3 is 9.30 Å². The Balaban J connectivity index is 1.63. The number of rotatable bonds is 9. The second-order valence-electron chi connectivity index (χ2n) is 5.38. The Labute approximate surface area is 141 Å². The summed E-state index contributed by atoms with van der Waals surface area (Å²) in [5.74, 6) is 0.837. The smallest absolute Gasteiger partial charge is 0.140 e.